The predicted molar refractivity (Wildman–Crippen MR) is 59.4 cm³/mol. The summed E-state index contributed by atoms with van der Waals surface area (Å²) in [6.07, 6.45) is 3.28. The molecule has 2 unspecified atom stereocenters. The quantitative estimate of drug-likeness (QED) is 0.744. The topological polar surface area (TPSA) is 49.3 Å². The third-order valence-corrected chi connectivity index (χ3v) is 2.88. The van der Waals surface area contributed by atoms with E-state index in [1.807, 2.05) is 13.8 Å². The number of hydrogen-bond donors (Lipinski definition) is 2. The first-order chi connectivity index (χ1) is 6.39. The largest absolute Gasteiger partial charge is 0.393 e. The van der Waals surface area contributed by atoms with Gasteiger partial charge in [-0.15, -0.1) is 0 Å². The number of aliphatic hydroxyl groups is 1. The minimum atomic E-state index is -0.518. The second kappa shape index (κ2) is 4.62. The minimum absolute atomic E-state index is 0.00315. The van der Waals surface area contributed by atoms with E-state index in [1.165, 1.54) is 0 Å². The highest BCUT2D eigenvalue weighted by molar-refractivity contribution is 9.10. The fourth-order valence-corrected chi connectivity index (χ4v) is 1.77. The van der Waals surface area contributed by atoms with Crippen LogP contribution in [-0.2, 0) is 4.79 Å². The zero-order valence-electron chi connectivity index (χ0n) is 8.72. The number of hydrogen-bond acceptors (Lipinski definition) is 2. The molecule has 0 spiro atoms. The Labute approximate surface area is 93.4 Å². The Kier molecular flexibility index (Phi) is 3.95. The van der Waals surface area contributed by atoms with Crippen LogP contribution < -0.4 is 5.32 Å². The summed E-state index contributed by atoms with van der Waals surface area (Å²) in [7, 11) is 0. The zero-order chi connectivity index (χ0) is 10.8. The van der Waals surface area contributed by atoms with Crippen molar-refractivity contribution < 1.29 is 9.90 Å². The average Bonchev–Trinajstić information content (AvgIpc) is 2.02. The van der Waals surface area contributed by atoms with Crippen molar-refractivity contribution in [3.8, 4) is 0 Å². The van der Waals surface area contributed by atoms with Crippen LogP contribution in [-0.4, -0.2) is 27.5 Å². The van der Waals surface area contributed by atoms with Crippen molar-refractivity contribution in [2.24, 2.45) is 0 Å². The first kappa shape index (κ1) is 12.0. The van der Waals surface area contributed by atoms with Crippen LogP contribution in [0.5, 0.6) is 0 Å². The highest BCUT2D eigenvalue weighted by Gasteiger charge is 2.28. The van der Waals surface area contributed by atoms with E-state index in [-0.39, 0.29) is 18.1 Å². The van der Waals surface area contributed by atoms with Gasteiger partial charge in [0.2, 0.25) is 5.91 Å². The minimum Gasteiger partial charge on any atom is -0.393 e. The van der Waals surface area contributed by atoms with Crippen molar-refractivity contribution in [3.05, 3.63) is 0 Å². The molecule has 0 bridgehead atoms. The maximum Gasteiger partial charge on any atom is 0.236 e. The molecule has 4 heteroatoms. The molecule has 0 aliphatic heterocycles. The summed E-state index contributed by atoms with van der Waals surface area (Å²) < 4.78 is -0.518. The van der Waals surface area contributed by atoms with Gasteiger partial charge in [0, 0.05) is 6.04 Å². The van der Waals surface area contributed by atoms with Crippen LogP contribution in [0.2, 0.25) is 0 Å². The SMILES string of the molecule is CC(C)(Br)C(=O)NC1CCCC(O)C1. The standard InChI is InChI=1S/C10H18BrNO2/c1-10(2,11)9(14)12-7-4-3-5-8(13)6-7/h7-8,13H,3-6H2,1-2H3,(H,12,14). The summed E-state index contributed by atoms with van der Waals surface area (Å²) in [5, 5.41) is 12.4. The first-order valence-corrected chi connectivity index (χ1v) is 5.87. The lowest BCUT2D eigenvalue weighted by molar-refractivity contribution is -0.123. The number of rotatable bonds is 2. The Morgan fingerprint density at radius 2 is 2.14 bits per heavy atom. The Morgan fingerprint density at radius 3 is 2.64 bits per heavy atom. The molecule has 0 aromatic rings. The third kappa shape index (κ3) is 3.58. The summed E-state index contributed by atoms with van der Waals surface area (Å²) in [5.74, 6) is -0.00315. The molecule has 1 saturated carbocycles. The summed E-state index contributed by atoms with van der Waals surface area (Å²) in [6.45, 7) is 3.64. The second-order valence-corrected chi connectivity index (χ2v) is 6.45. The highest BCUT2D eigenvalue weighted by Crippen LogP contribution is 2.21. The summed E-state index contributed by atoms with van der Waals surface area (Å²) >= 11 is 3.31. The summed E-state index contributed by atoms with van der Waals surface area (Å²) in [5.41, 5.74) is 0. The fraction of sp³-hybridized carbons (Fsp3) is 0.900. The van der Waals surface area contributed by atoms with Gasteiger partial charge in [-0.3, -0.25) is 4.79 Å². The number of carbonyl (C=O) groups excluding carboxylic acids is 1. The van der Waals surface area contributed by atoms with Crippen molar-refractivity contribution in [2.75, 3.05) is 0 Å². The van der Waals surface area contributed by atoms with Gasteiger partial charge < -0.3 is 10.4 Å². The Morgan fingerprint density at radius 1 is 1.50 bits per heavy atom. The second-order valence-electron chi connectivity index (χ2n) is 4.46. The van der Waals surface area contributed by atoms with E-state index in [0.29, 0.717) is 6.42 Å². The Hall–Kier alpha value is -0.0900. The normalized spacial score (nSPS) is 28.6. The van der Waals surface area contributed by atoms with E-state index in [9.17, 15) is 9.90 Å². The molecule has 0 aromatic heterocycles. The molecule has 2 N–H and O–H groups in total. The average molecular weight is 264 g/mol. The van der Waals surface area contributed by atoms with Crippen molar-refractivity contribution >= 4 is 21.8 Å². The fourth-order valence-electron chi connectivity index (χ4n) is 1.65. The van der Waals surface area contributed by atoms with Gasteiger partial charge in [0.25, 0.3) is 0 Å². The molecule has 0 heterocycles. The number of carbonyl (C=O) groups is 1. The van der Waals surface area contributed by atoms with Crippen LogP contribution in [0.25, 0.3) is 0 Å². The van der Waals surface area contributed by atoms with E-state index in [1.54, 1.807) is 0 Å². The lowest BCUT2D eigenvalue weighted by Gasteiger charge is -2.28. The monoisotopic (exact) mass is 263 g/mol. The first-order valence-electron chi connectivity index (χ1n) is 5.07. The van der Waals surface area contributed by atoms with Crippen LogP contribution in [0.15, 0.2) is 0 Å². The lowest BCUT2D eigenvalue weighted by Crippen LogP contribution is -2.46. The lowest BCUT2D eigenvalue weighted by atomic mass is 9.92. The molecule has 14 heavy (non-hydrogen) atoms. The molecule has 1 fully saturated rings. The number of aliphatic hydroxyl groups excluding tert-OH is 1. The van der Waals surface area contributed by atoms with Gasteiger partial charge in [-0.05, 0) is 39.5 Å². The summed E-state index contributed by atoms with van der Waals surface area (Å²) in [4.78, 5) is 11.6. The molecule has 3 nitrogen and oxygen atoms in total. The molecule has 0 saturated heterocycles. The molecule has 2 atom stereocenters. The van der Waals surface area contributed by atoms with Crippen LogP contribution >= 0.6 is 15.9 Å². The molecule has 0 radical (unpaired) electrons. The van der Waals surface area contributed by atoms with Gasteiger partial charge in [0.15, 0.2) is 0 Å². The molecule has 1 rings (SSSR count). The van der Waals surface area contributed by atoms with E-state index in [0.717, 1.165) is 19.3 Å². The number of halogens is 1. The molecule has 1 aliphatic carbocycles. The third-order valence-electron chi connectivity index (χ3n) is 2.52. The highest BCUT2D eigenvalue weighted by atomic mass is 79.9. The molecule has 1 aliphatic rings. The van der Waals surface area contributed by atoms with Crippen LogP contribution in [0, 0.1) is 0 Å². The molecular formula is C10H18BrNO2. The van der Waals surface area contributed by atoms with Crippen LogP contribution in [0.4, 0.5) is 0 Å². The molecule has 1 amide bonds. The smallest absolute Gasteiger partial charge is 0.236 e. The van der Waals surface area contributed by atoms with E-state index < -0.39 is 4.32 Å². The van der Waals surface area contributed by atoms with Crippen LogP contribution in [0.3, 0.4) is 0 Å². The number of amides is 1. The molecule has 0 aromatic carbocycles. The van der Waals surface area contributed by atoms with E-state index in [4.69, 9.17) is 0 Å². The van der Waals surface area contributed by atoms with Crippen molar-refractivity contribution in [3.63, 3.8) is 0 Å². The van der Waals surface area contributed by atoms with Gasteiger partial charge in [-0.25, -0.2) is 0 Å². The van der Waals surface area contributed by atoms with Gasteiger partial charge >= 0.3 is 0 Å². The van der Waals surface area contributed by atoms with Crippen LogP contribution in [0.1, 0.15) is 39.5 Å². The van der Waals surface area contributed by atoms with Gasteiger partial charge in [0.1, 0.15) is 0 Å². The van der Waals surface area contributed by atoms with Crippen molar-refractivity contribution in [1.82, 2.24) is 5.32 Å². The number of alkyl halides is 1. The van der Waals surface area contributed by atoms with Gasteiger partial charge in [0.05, 0.1) is 10.4 Å². The maximum absolute atomic E-state index is 11.6. The van der Waals surface area contributed by atoms with Crippen molar-refractivity contribution in [1.29, 1.82) is 0 Å². The molecule has 82 valence electrons. The Balaban J connectivity index is 2.40. The molecular weight excluding hydrogens is 246 g/mol. The van der Waals surface area contributed by atoms with E-state index in [2.05, 4.69) is 21.2 Å². The Bertz CT molecular complexity index is 213. The van der Waals surface area contributed by atoms with Gasteiger partial charge in [-0.1, -0.05) is 15.9 Å². The zero-order valence-corrected chi connectivity index (χ0v) is 10.3. The van der Waals surface area contributed by atoms with Gasteiger partial charge in [-0.2, -0.15) is 0 Å². The predicted octanol–water partition coefficient (Wildman–Crippen LogP) is 1.58. The summed E-state index contributed by atoms with van der Waals surface area (Å²) in [6, 6.07) is 0.142. The number of nitrogens with one attached hydrogen (secondary N) is 1. The van der Waals surface area contributed by atoms with E-state index >= 15 is 0 Å². The van der Waals surface area contributed by atoms with Crippen molar-refractivity contribution in [2.45, 2.75) is 56.0 Å². The maximum atomic E-state index is 11.6.